The molecule has 0 aliphatic heterocycles. The highest BCUT2D eigenvalue weighted by Crippen LogP contribution is 2.44. The third-order valence-electron chi connectivity index (χ3n) is 4.93. The number of aromatic nitrogens is 3. The largest absolute Gasteiger partial charge is 0.480 e. The monoisotopic (exact) mass is 445 g/mol. The van der Waals surface area contributed by atoms with Crippen molar-refractivity contribution in [3.05, 3.63) is 52.3 Å². The minimum Gasteiger partial charge on any atom is -0.480 e. The lowest BCUT2D eigenvalue weighted by Gasteiger charge is -2.18. The van der Waals surface area contributed by atoms with Crippen LogP contribution in [0.1, 0.15) is 43.7 Å². The minimum absolute atomic E-state index is 0.580. The van der Waals surface area contributed by atoms with E-state index in [1.165, 1.54) is 46.5 Å². The summed E-state index contributed by atoms with van der Waals surface area (Å²) < 4.78 is 1.54. The first kappa shape index (κ1) is 18.5. The zero-order chi connectivity index (χ0) is 19.2. The van der Waals surface area contributed by atoms with Crippen LogP contribution in [0, 0.1) is 0 Å². The predicted molar refractivity (Wildman–Crippen MR) is 110 cm³/mol. The molecule has 0 radical (unpaired) electrons. The van der Waals surface area contributed by atoms with Crippen molar-refractivity contribution < 1.29 is 9.90 Å². The molecule has 140 valence electrons. The molecular formula is C20H20BrN3O2S. The summed E-state index contributed by atoms with van der Waals surface area (Å²) in [6, 6.07) is 12.9. The second-order valence-corrected chi connectivity index (χ2v) is 9.69. The van der Waals surface area contributed by atoms with Crippen LogP contribution in [0.2, 0.25) is 0 Å². The number of aliphatic carboxylic acids is 1. The van der Waals surface area contributed by atoms with Gasteiger partial charge in [-0.1, -0.05) is 48.2 Å². The van der Waals surface area contributed by atoms with E-state index in [-0.39, 0.29) is 0 Å². The van der Waals surface area contributed by atoms with E-state index in [9.17, 15) is 9.90 Å². The van der Waals surface area contributed by atoms with Crippen LogP contribution in [0.4, 0.5) is 0 Å². The number of nitrogens with zero attached hydrogens (tertiary/aromatic N) is 3. The molecule has 27 heavy (non-hydrogen) atoms. The molecule has 1 aromatic heterocycles. The normalized spacial score (nSPS) is 14.6. The molecule has 1 fully saturated rings. The fraction of sp³-hybridized carbons (Fsp3) is 0.350. The molecule has 7 heteroatoms. The van der Waals surface area contributed by atoms with Gasteiger partial charge in [0, 0.05) is 0 Å². The van der Waals surface area contributed by atoms with Gasteiger partial charge in [0.2, 0.25) is 4.73 Å². The molecule has 3 aromatic rings. The van der Waals surface area contributed by atoms with E-state index in [2.05, 4.69) is 62.5 Å². The van der Waals surface area contributed by atoms with Crippen molar-refractivity contribution in [2.24, 2.45) is 0 Å². The van der Waals surface area contributed by atoms with Crippen LogP contribution in [0.3, 0.4) is 0 Å². The fourth-order valence-corrected chi connectivity index (χ4v) is 4.57. The Morgan fingerprint density at radius 2 is 1.93 bits per heavy atom. The van der Waals surface area contributed by atoms with Gasteiger partial charge in [-0.3, -0.25) is 9.36 Å². The summed E-state index contributed by atoms with van der Waals surface area (Å²) in [6.07, 6.45) is 2.54. The second kappa shape index (κ2) is 6.95. The number of hydrogen-bond acceptors (Lipinski definition) is 4. The standard InChI is InChI=1S/C20H20BrN3O2S/c1-20(2,17(25)26)27-19-23-22-18(21)24(19)11-13-9-10-15(12-7-8-12)16-6-4-3-5-14(13)16/h3-6,9-10,12H,7-8,11H2,1-2H3,(H,25,26). The van der Waals surface area contributed by atoms with Crippen LogP contribution in [-0.4, -0.2) is 30.6 Å². The Kier molecular flexibility index (Phi) is 4.76. The summed E-state index contributed by atoms with van der Waals surface area (Å²) in [5.41, 5.74) is 2.60. The van der Waals surface area contributed by atoms with Gasteiger partial charge >= 0.3 is 5.97 Å². The van der Waals surface area contributed by atoms with Crippen molar-refractivity contribution in [1.82, 2.24) is 14.8 Å². The topological polar surface area (TPSA) is 68.0 Å². The van der Waals surface area contributed by atoms with Gasteiger partial charge < -0.3 is 5.11 Å². The van der Waals surface area contributed by atoms with Crippen molar-refractivity contribution in [3.63, 3.8) is 0 Å². The maximum Gasteiger partial charge on any atom is 0.319 e. The zero-order valence-corrected chi connectivity index (χ0v) is 17.5. The van der Waals surface area contributed by atoms with Gasteiger partial charge in [-0.25, -0.2) is 0 Å². The maximum absolute atomic E-state index is 11.5. The van der Waals surface area contributed by atoms with Crippen LogP contribution in [0.25, 0.3) is 10.8 Å². The molecule has 0 saturated heterocycles. The van der Waals surface area contributed by atoms with Gasteiger partial charge in [-0.05, 0) is 70.4 Å². The Morgan fingerprint density at radius 3 is 2.59 bits per heavy atom. The molecule has 1 aliphatic rings. The van der Waals surface area contributed by atoms with Crippen molar-refractivity contribution in [1.29, 1.82) is 0 Å². The third kappa shape index (κ3) is 3.62. The van der Waals surface area contributed by atoms with Crippen LogP contribution < -0.4 is 0 Å². The molecule has 0 bridgehead atoms. The molecule has 1 saturated carbocycles. The van der Waals surface area contributed by atoms with E-state index in [0.29, 0.717) is 22.4 Å². The molecule has 4 rings (SSSR count). The lowest BCUT2D eigenvalue weighted by Crippen LogP contribution is -2.27. The Morgan fingerprint density at radius 1 is 1.22 bits per heavy atom. The number of fused-ring (bicyclic) bond motifs is 1. The fourth-order valence-electron chi connectivity index (χ4n) is 3.19. The second-order valence-electron chi connectivity index (χ2n) is 7.39. The van der Waals surface area contributed by atoms with Crippen molar-refractivity contribution in [2.45, 2.75) is 49.1 Å². The first-order chi connectivity index (χ1) is 12.9. The Hall–Kier alpha value is -1.86. The summed E-state index contributed by atoms with van der Waals surface area (Å²) in [5, 5.41) is 20.8. The van der Waals surface area contributed by atoms with E-state index >= 15 is 0 Å². The van der Waals surface area contributed by atoms with Crippen molar-refractivity contribution >= 4 is 44.4 Å². The van der Waals surface area contributed by atoms with Gasteiger partial charge in [0.05, 0.1) is 6.54 Å². The number of hydrogen-bond donors (Lipinski definition) is 1. The van der Waals surface area contributed by atoms with E-state index in [1.807, 2.05) is 4.57 Å². The molecule has 0 unspecified atom stereocenters. The van der Waals surface area contributed by atoms with Gasteiger partial charge in [0.15, 0.2) is 5.16 Å². The van der Waals surface area contributed by atoms with E-state index < -0.39 is 10.7 Å². The van der Waals surface area contributed by atoms with Crippen LogP contribution in [0.5, 0.6) is 0 Å². The molecular weight excluding hydrogens is 426 g/mol. The van der Waals surface area contributed by atoms with Crippen LogP contribution in [0.15, 0.2) is 46.3 Å². The van der Waals surface area contributed by atoms with E-state index in [4.69, 9.17) is 0 Å². The summed E-state index contributed by atoms with van der Waals surface area (Å²) in [5.74, 6) is -0.189. The van der Waals surface area contributed by atoms with Crippen LogP contribution in [-0.2, 0) is 11.3 Å². The van der Waals surface area contributed by atoms with Crippen molar-refractivity contribution in [3.8, 4) is 0 Å². The predicted octanol–water partition coefficient (Wildman–Crippen LogP) is 5.07. The third-order valence-corrected chi connectivity index (χ3v) is 6.68. The molecule has 0 spiro atoms. The average Bonchev–Trinajstić information content (AvgIpc) is 3.42. The quantitative estimate of drug-likeness (QED) is 0.536. The molecule has 1 aliphatic carbocycles. The minimum atomic E-state index is -0.984. The number of carboxylic acids is 1. The van der Waals surface area contributed by atoms with Gasteiger partial charge in [0.25, 0.3) is 0 Å². The number of halogens is 1. The van der Waals surface area contributed by atoms with E-state index in [1.54, 1.807) is 13.8 Å². The smallest absolute Gasteiger partial charge is 0.319 e. The average molecular weight is 446 g/mol. The highest BCUT2D eigenvalue weighted by molar-refractivity contribution is 9.10. The van der Waals surface area contributed by atoms with Gasteiger partial charge in [0.1, 0.15) is 4.75 Å². The first-order valence-electron chi connectivity index (χ1n) is 8.88. The van der Waals surface area contributed by atoms with E-state index in [0.717, 1.165) is 0 Å². The molecule has 0 atom stereocenters. The number of thioether (sulfide) groups is 1. The Balaban J connectivity index is 1.72. The SMILES string of the molecule is CC(C)(Sc1nnc(Br)n1Cc1ccc(C2CC2)c2ccccc12)C(=O)O. The van der Waals surface area contributed by atoms with Gasteiger partial charge in [-0.15, -0.1) is 10.2 Å². The number of rotatable bonds is 6. The lowest BCUT2D eigenvalue weighted by atomic mass is 9.97. The number of carboxylic acid groups (broad SMARTS) is 1. The highest BCUT2D eigenvalue weighted by Gasteiger charge is 2.31. The Bertz CT molecular complexity index is 1030. The van der Waals surface area contributed by atoms with Crippen LogP contribution >= 0.6 is 27.7 Å². The van der Waals surface area contributed by atoms with Gasteiger partial charge in [-0.2, -0.15) is 0 Å². The zero-order valence-electron chi connectivity index (χ0n) is 15.1. The first-order valence-corrected chi connectivity index (χ1v) is 10.5. The number of carbonyl (C=O) groups is 1. The molecule has 5 nitrogen and oxygen atoms in total. The maximum atomic E-state index is 11.5. The molecule has 2 aromatic carbocycles. The Labute approximate surface area is 170 Å². The molecule has 1 heterocycles. The molecule has 1 N–H and O–H groups in total. The number of benzene rings is 2. The molecule has 0 amide bonds. The van der Waals surface area contributed by atoms with Crippen molar-refractivity contribution in [2.75, 3.05) is 0 Å². The summed E-state index contributed by atoms with van der Waals surface area (Å²) in [7, 11) is 0. The lowest BCUT2D eigenvalue weighted by molar-refractivity contribution is -0.138. The summed E-state index contributed by atoms with van der Waals surface area (Å²) >= 11 is 4.66. The summed E-state index contributed by atoms with van der Waals surface area (Å²) in [6.45, 7) is 3.93. The highest BCUT2D eigenvalue weighted by atomic mass is 79.9. The summed E-state index contributed by atoms with van der Waals surface area (Å²) in [4.78, 5) is 11.5.